The van der Waals surface area contributed by atoms with Crippen LogP contribution in [0.5, 0.6) is 0 Å². The van der Waals surface area contributed by atoms with E-state index in [-0.39, 0.29) is 17.3 Å². The highest BCUT2D eigenvalue weighted by Crippen LogP contribution is 2.17. The predicted molar refractivity (Wildman–Crippen MR) is 72.3 cm³/mol. The number of nitrogens with one attached hydrogen (secondary N) is 1. The van der Waals surface area contributed by atoms with Gasteiger partial charge in [0.15, 0.2) is 0 Å². The topological polar surface area (TPSA) is 90.1 Å². The molecule has 0 saturated heterocycles. The van der Waals surface area contributed by atoms with Gasteiger partial charge in [-0.15, -0.1) is 0 Å². The highest BCUT2D eigenvalue weighted by Gasteiger charge is 2.20. The van der Waals surface area contributed by atoms with Gasteiger partial charge in [0.2, 0.25) is 0 Å². The van der Waals surface area contributed by atoms with Crippen LogP contribution in [0.3, 0.4) is 0 Å². The zero-order valence-electron chi connectivity index (χ0n) is 10.9. The monoisotopic (exact) mass is 274 g/mol. The Morgan fingerprint density at radius 1 is 1.45 bits per heavy atom. The summed E-state index contributed by atoms with van der Waals surface area (Å²) in [4.78, 5) is 22.4. The van der Waals surface area contributed by atoms with Gasteiger partial charge in [-0.2, -0.15) is 5.10 Å². The number of carbonyl (C=O) groups is 1. The molecular weight excluding hydrogens is 260 g/mol. The molecule has 2 aromatic rings. The van der Waals surface area contributed by atoms with Crippen LogP contribution in [-0.4, -0.2) is 26.7 Å². The first-order valence-electron chi connectivity index (χ1n) is 6.09. The first-order valence-corrected chi connectivity index (χ1v) is 6.09. The van der Waals surface area contributed by atoms with Crippen molar-refractivity contribution in [3.05, 3.63) is 58.4 Å². The number of nitro benzene ring substituents is 1. The second kappa shape index (κ2) is 5.96. The SMILES string of the molecule is CC(Cn1cccn1)NC(=O)c1ccccc1[N+](=O)[O-]. The van der Waals surface area contributed by atoms with Gasteiger partial charge in [-0.1, -0.05) is 12.1 Å². The van der Waals surface area contributed by atoms with Gasteiger partial charge < -0.3 is 5.32 Å². The average Bonchev–Trinajstić information content (AvgIpc) is 2.91. The van der Waals surface area contributed by atoms with Crippen molar-refractivity contribution in [2.75, 3.05) is 0 Å². The summed E-state index contributed by atoms with van der Waals surface area (Å²) in [5.41, 5.74) is -0.138. The van der Waals surface area contributed by atoms with E-state index in [1.807, 2.05) is 6.92 Å². The normalized spacial score (nSPS) is 11.8. The van der Waals surface area contributed by atoms with Crippen molar-refractivity contribution in [3.8, 4) is 0 Å². The second-order valence-electron chi connectivity index (χ2n) is 4.38. The number of nitrogens with zero attached hydrogens (tertiary/aromatic N) is 3. The van der Waals surface area contributed by atoms with Gasteiger partial charge in [0.05, 0.1) is 11.5 Å². The molecule has 0 aliphatic heterocycles. The Morgan fingerprint density at radius 2 is 2.20 bits per heavy atom. The maximum atomic E-state index is 12.1. The fourth-order valence-electron chi connectivity index (χ4n) is 1.86. The van der Waals surface area contributed by atoms with Gasteiger partial charge in [-0.25, -0.2) is 0 Å². The molecule has 7 heteroatoms. The molecular formula is C13H14N4O3. The number of benzene rings is 1. The van der Waals surface area contributed by atoms with Crippen molar-refractivity contribution in [2.45, 2.75) is 19.5 Å². The molecule has 20 heavy (non-hydrogen) atoms. The largest absolute Gasteiger partial charge is 0.348 e. The van der Waals surface area contributed by atoms with Gasteiger partial charge in [0.25, 0.3) is 11.6 Å². The van der Waals surface area contributed by atoms with Crippen LogP contribution in [0.15, 0.2) is 42.7 Å². The molecule has 1 atom stereocenters. The lowest BCUT2D eigenvalue weighted by molar-refractivity contribution is -0.385. The summed E-state index contributed by atoms with van der Waals surface area (Å²) in [6.45, 7) is 2.31. The molecule has 0 fully saturated rings. The standard InChI is InChI=1S/C13H14N4O3/c1-10(9-16-8-4-7-14-16)15-13(18)11-5-2-3-6-12(11)17(19)20/h2-8,10H,9H2,1H3,(H,15,18). The van der Waals surface area contributed by atoms with Crippen molar-refractivity contribution < 1.29 is 9.72 Å². The molecule has 1 N–H and O–H groups in total. The van der Waals surface area contributed by atoms with Crippen LogP contribution in [-0.2, 0) is 6.54 Å². The van der Waals surface area contributed by atoms with E-state index in [1.54, 1.807) is 29.2 Å². The summed E-state index contributed by atoms with van der Waals surface area (Å²) in [7, 11) is 0. The molecule has 2 rings (SSSR count). The predicted octanol–water partition coefficient (Wildman–Crippen LogP) is 1.61. The minimum Gasteiger partial charge on any atom is -0.348 e. The van der Waals surface area contributed by atoms with E-state index >= 15 is 0 Å². The lowest BCUT2D eigenvalue weighted by Crippen LogP contribution is -2.36. The highest BCUT2D eigenvalue weighted by molar-refractivity contribution is 5.98. The number of rotatable bonds is 5. The molecule has 1 unspecified atom stereocenters. The van der Waals surface area contributed by atoms with Crippen LogP contribution in [0.4, 0.5) is 5.69 Å². The van der Waals surface area contributed by atoms with Crippen molar-refractivity contribution in [1.82, 2.24) is 15.1 Å². The van der Waals surface area contributed by atoms with Gasteiger partial charge in [0, 0.05) is 24.5 Å². The van der Waals surface area contributed by atoms with Gasteiger partial charge in [0.1, 0.15) is 5.56 Å². The van der Waals surface area contributed by atoms with Gasteiger partial charge in [-0.05, 0) is 19.1 Å². The zero-order valence-corrected chi connectivity index (χ0v) is 10.9. The Bertz CT molecular complexity index is 610. The molecule has 104 valence electrons. The quantitative estimate of drug-likeness (QED) is 0.662. The molecule has 1 amide bonds. The van der Waals surface area contributed by atoms with Crippen LogP contribution in [0, 0.1) is 10.1 Å². The van der Waals surface area contributed by atoms with Gasteiger partial charge in [-0.3, -0.25) is 19.6 Å². The molecule has 1 aromatic carbocycles. The molecule has 0 spiro atoms. The fourth-order valence-corrected chi connectivity index (χ4v) is 1.86. The summed E-state index contributed by atoms with van der Waals surface area (Å²) in [5, 5.41) is 17.6. The summed E-state index contributed by atoms with van der Waals surface area (Å²) >= 11 is 0. The Labute approximate surface area is 115 Å². The van der Waals surface area contributed by atoms with Crippen molar-refractivity contribution in [2.24, 2.45) is 0 Å². The molecule has 1 aromatic heterocycles. The Hall–Kier alpha value is -2.70. The third kappa shape index (κ3) is 3.19. The van der Waals surface area contributed by atoms with E-state index in [9.17, 15) is 14.9 Å². The van der Waals surface area contributed by atoms with Crippen LogP contribution in [0.1, 0.15) is 17.3 Å². The molecule has 0 aliphatic rings. The number of para-hydroxylation sites is 1. The van der Waals surface area contributed by atoms with Crippen LogP contribution in [0.2, 0.25) is 0 Å². The minimum absolute atomic E-state index is 0.0600. The number of hydrogen-bond donors (Lipinski definition) is 1. The summed E-state index contributed by atoms with van der Waals surface area (Å²) < 4.78 is 1.68. The van der Waals surface area contributed by atoms with Crippen LogP contribution in [0.25, 0.3) is 0 Å². The molecule has 0 aliphatic carbocycles. The lowest BCUT2D eigenvalue weighted by Gasteiger charge is -2.14. The van der Waals surface area contributed by atoms with E-state index in [0.29, 0.717) is 6.54 Å². The number of aromatic nitrogens is 2. The van der Waals surface area contributed by atoms with E-state index in [1.165, 1.54) is 18.2 Å². The van der Waals surface area contributed by atoms with E-state index < -0.39 is 10.8 Å². The van der Waals surface area contributed by atoms with Crippen LogP contribution >= 0.6 is 0 Å². The maximum absolute atomic E-state index is 12.1. The van der Waals surface area contributed by atoms with E-state index in [2.05, 4.69) is 10.4 Å². The Morgan fingerprint density at radius 3 is 2.85 bits per heavy atom. The first kappa shape index (κ1) is 13.7. The number of hydrogen-bond acceptors (Lipinski definition) is 4. The fraction of sp³-hybridized carbons (Fsp3) is 0.231. The van der Waals surface area contributed by atoms with E-state index in [0.717, 1.165) is 0 Å². The molecule has 0 bridgehead atoms. The van der Waals surface area contributed by atoms with Crippen molar-refractivity contribution in [1.29, 1.82) is 0 Å². The first-order chi connectivity index (χ1) is 9.58. The number of amides is 1. The van der Waals surface area contributed by atoms with Gasteiger partial charge >= 0.3 is 0 Å². The lowest BCUT2D eigenvalue weighted by atomic mass is 10.1. The maximum Gasteiger partial charge on any atom is 0.282 e. The summed E-state index contributed by atoms with van der Waals surface area (Å²) in [5.74, 6) is -0.461. The molecule has 7 nitrogen and oxygen atoms in total. The summed E-state index contributed by atoms with van der Waals surface area (Å²) in [6.07, 6.45) is 3.43. The highest BCUT2D eigenvalue weighted by atomic mass is 16.6. The summed E-state index contributed by atoms with van der Waals surface area (Å²) in [6, 6.07) is 7.47. The Kier molecular flexibility index (Phi) is 4.09. The number of carbonyl (C=O) groups excluding carboxylic acids is 1. The second-order valence-corrected chi connectivity index (χ2v) is 4.38. The number of nitro groups is 1. The zero-order chi connectivity index (χ0) is 14.5. The molecule has 1 heterocycles. The van der Waals surface area contributed by atoms with E-state index in [4.69, 9.17) is 0 Å². The third-order valence-electron chi connectivity index (χ3n) is 2.74. The van der Waals surface area contributed by atoms with Crippen LogP contribution < -0.4 is 5.32 Å². The van der Waals surface area contributed by atoms with Crippen molar-refractivity contribution in [3.63, 3.8) is 0 Å². The van der Waals surface area contributed by atoms with Crippen molar-refractivity contribution >= 4 is 11.6 Å². The smallest absolute Gasteiger partial charge is 0.282 e. The average molecular weight is 274 g/mol. The molecule has 0 radical (unpaired) electrons. The minimum atomic E-state index is -0.562. The molecule has 0 saturated carbocycles. The third-order valence-corrected chi connectivity index (χ3v) is 2.74. The Balaban J connectivity index is 2.06.